The number of nitrogens with zero attached hydrogens (tertiary/aromatic N) is 2. The van der Waals surface area contributed by atoms with Crippen LogP contribution < -0.4 is 10.3 Å². The molecule has 0 bridgehead atoms. The average molecular weight is 459 g/mol. The van der Waals surface area contributed by atoms with Crippen LogP contribution in [0.5, 0.6) is 0 Å². The van der Waals surface area contributed by atoms with Gasteiger partial charge in [-0.3, -0.25) is 14.5 Å². The van der Waals surface area contributed by atoms with E-state index in [0.717, 1.165) is 27.3 Å². The van der Waals surface area contributed by atoms with E-state index < -0.39 is 6.04 Å². The van der Waals surface area contributed by atoms with Crippen LogP contribution in [0.15, 0.2) is 45.6 Å². The lowest BCUT2D eigenvalue weighted by atomic mass is 9.95. The third-order valence-electron chi connectivity index (χ3n) is 6.63. The largest absolute Gasteiger partial charge is 0.450 e. The zero-order valence-electron chi connectivity index (χ0n) is 19.6. The van der Waals surface area contributed by atoms with Gasteiger partial charge >= 0.3 is 0 Å². The summed E-state index contributed by atoms with van der Waals surface area (Å²) in [5.41, 5.74) is 5.65. The number of anilines is 1. The Labute approximate surface area is 196 Å². The molecular weight excluding hydrogens is 432 g/mol. The van der Waals surface area contributed by atoms with E-state index in [9.17, 15) is 9.59 Å². The highest BCUT2D eigenvalue weighted by molar-refractivity contribution is 7.15. The van der Waals surface area contributed by atoms with Crippen molar-refractivity contribution in [2.75, 3.05) is 4.90 Å². The minimum atomic E-state index is -0.582. The minimum absolute atomic E-state index is 0.110. The van der Waals surface area contributed by atoms with Gasteiger partial charge < -0.3 is 4.42 Å². The molecule has 0 N–H and O–H groups in total. The number of benzene rings is 2. The van der Waals surface area contributed by atoms with Gasteiger partial charge in [-0.05, 0) is 68.0 Å². The summed E-state index contributed by atoms with van der Waals surface area (Å²) in [6.45, 7) is 12.1. The Kier molecular flexibility index (Phi) is 5.01. The van der Waals surface area contributed by atoms with E-state index in [0.29, 0.717) is 27.6 Å². The second-order valence-corrected chi connectivity index (χ2v) is 10.3. The van der Waals surface area contributed by atoms with Crippen LogP contribution in [0, 0.1) is 27.7 Å². The van der Waals surface area contributed by atoms with Crippen molar-refractivity contribution in [2.45, 2.75) is 53.5 Å². The summed E-state index contributed by atoms with van der Waals surface area (Å²) in [5, 5.41) is 1.08. The first-order valence-electron chi connectivity index (χ1n) is 11.1. The number of carbonyl (C=O) groups excluding carboxylic acids is 1. The fourth-order valence-corrected chi connectivity index (χ4v) is 5.30. The van der Waals surface area contributed by atoms with Crippen LogP contribution in [0.2, 0.25) is 0 Å². The molecule has 0 fully saturated rings. The van der Waals surface area contributed by atoms with Gasteiger partial charge in [0.2, 0.25) is 5.76 Å². The minimum Gasteiger partial charge on any atom is -0.450 e. The van der Waals surface area contributed by atoms with Crippen molar-refractivity contribution >= 4 is 33.3 Å². The van der Waals surface area contributed by atoms with Gasteiger partial charge in [0.15, 0.2) is 10.6 Å². The summed E-state index contributed by atoms with van der Waals surface area (Å²) < 4.78 is 6.12. The SMILES string of the molecule is Cc1cc2oc3c(c(=O)c2cc1C)C(c1ccc(C(C)C)cc1)N(c1nc(C)c(C)s1)C3=O. The number of hydrogen-bond donors (Lipinski definition) is 0. The summed E-state index contributed by atoms with van der Waals surface area (Å²) >= 11 is 1.46. The Hall–Kier alpha value is -3.25. The van der Waals surface area contributed by atoms with Gasteiger partial charge in [-0.25, -0.2) is 4.98 Å². The molecule has 168 valence electrons. The highest BCUT2D eigenvalue weighted by atomic mass is 32.1. The maximum absolute atomic E-state index is 13.8. The lowest BCUT2D eigenvalue weighted by Crippen LogP contribution is -2.29. The van der Waals surface area contributed by atoms with Crippen LogP contribution in [0.25, 0.3) is 11.0 Å². The van der Waals surface area contributed by atoms with Crippen molar-refractivity contribution in [3.05, 3.63) is 90.8 Å². The standard InChI is InChI=1S/C27H26N2O3S/c1-13(2)18-7-9-19(10-8-18)23-22-24(30)20-11-14(3)15(4)12-21(20)32-25(22)26(31)29(23)27-28-16(5)17(6)33-27/h7-13,23H,1-6H3. The van der Waals surface area contributed by atoms with Gasteiger partial charge in [0.1, 0.15) is 5.58 Å². The van der Waals surface area contributed by atoms with Crippen molar-refractivity contribution in [3.8, 4) is 0 Å². The molecule has 1 atom stereocenters. The summed E-state index contributed by atoms with van der Waals surface area (Å²) in [6.07, 6.45) is 0. The Bertz CT molecular complexity index is 1460. The maximum Gasteiger partial charge on any atom is 0.297 e. The molecule has 1 unspecified atom stereocenters. The Morgan fingerprint density at radius 1 is 1.00 bits per heavy atom. The normalized spacial score (nSPS) is 15.7. The molecule has 0 saturated heterocycles. The first-order chi connectivity index (χ1) is 15.7. The molecule has 0 radical (unpaired) electrons. The number of thiazole rings is 1. The van der Waals surface area contributed by atoms with Crippen LogP contribution >= 0.6 is 11.3 Å². The lowest BCUT2D eigenvalue weighted by molar-refractivity contribution is 0.0971. The number of carbonyl (C=O) groups is 1. The number of aromatic nitrogens is 1. The van der Waals surface area contributed by atoms with Crippen LogP contribution in [0.4, 0.5) is 5.13 Å². The molecule has 2 aromatic heterocycles. The molecule has 5 rings (SSSR count). The predicted octanol–water partition coefficient (Wildman–Crippen LogP) is 6.36. The first kappa shape index (κ1) is 21.6. The molecule has 5 nitrogen and oxygen atoms in total. The molecule has 0 spiro atoms. The van der Waals surface area contributed by atoms with Crippen molar-refractivity contribution in [1.82, 2.24) is 4.98 Å². The summed E-state index contributed by atoms with van der Waals surface area (Å²) in [5.74, 6) is 0.172. The third-order valence-corrected chi connectivity index (χ3v) is 7.70. The van der Waals surface area contributed by atoms with Gasteiger partial charge in [-0.2, -0.15) is 0 Å². The maximum atomic E-state index is 13.8. The van der Waals surface area contributed by atoms with Gasteiger partial charge in [-0.1, -0.05) is 38.1 Å². The molecule has 6 heteroatoms. The summed E-state index contributed by atoms with van der Waals surface area (Å²) in [6, 6.07) is 11.3. The topological polar surface area (TPSA) is 63.4 Å². The second-order valence-electron chi connectivity index (χ2n) is 9.14. The van der Waals surface area contributed by atoms with Crippen molar-refractivity contribution in [2.24, 2.45) is 0 Å². The molecular formula is C27H26N2O3S. The monoisotopic (exact) mass is 458 g/mol. The Morgan fingerprint density at radius 3 is 2.27 bits per heavy atom. The van der Waals surface area contributed by atoms with Crippen LogP contribution in [-0.2, 0) is 0 Å². The van der Waals surface area contributed by atoms with Gasteiger partial charge in [0, 0.05) is 4.88 Å². The van der Waals surface area contributed by atoms with E-state index in [2.05, 4.69) is 31.0 Å². The van der Waals surface area contributed by atoms with Gasteiger partial charge in [0.05, 0.1) is 22.7 Å². The Balaban J connectivity index is 1.79. The molecule has 0 saturated carbocycles. The number of aryl methyl sites for hydroxylation is 4. The number of amides is 1. The van der Waals surface area contributed by atoms with E-state index >= 15 is 0 Å². The average Bonchev–Trinajstić information content (AvgIpc) is 3.26. The molecule has 2 aromatic carbocycles. The first-order valence-corrected chi connectivity index (χ1v) is 11.9. The highest BCUT2D eigenvalue weighted by Gasteiger charge is 2.45. The van der Waals surface area contributed by atoms with E-state index in [1.54, 1.807) is 4.90 Å². The lowest BCUT2D eigenvalue weighted by Gasteiger charge is -2.23. The molecule has 33 heavy (non-hydrogen) atoms. The highest BCUT2D eigenvalue weighted by Crippen LogP contribution is 2.43. The van der Waals surface area contributed by atoms with E-state index in [4.69, 9.17) is 4.42 Å². The molecule has 1 aliphatic heterocycles. The van der Waals surface area contributed by atoms with Gasteiger partial charge in [-0.15, -0.1) is 11.3 Å². The third kappa shape index (κ3) is 3.32. The molecule has 3 heterocycles. The molecule has 4 aromatic rings. The fraction of sp³-hybridized carbons (Fsp3) is 0.296. The number of fused-ring (bicyclic) bond motifs is 2. The zero-order chi connectivity index (χ0) is 23.6. The summed E-state index contributed by atoms with van der Waals surface area (Å²) in [4.78, 5) is 34.8. The molecule has 0 aliphatic carbocycles. The summed E-state index contributed by atoms with van der Waals surface area (Å²) in [7, 11) is 0. The van der Waals surface area contributed by atoms with Crippen molar-refractivity contribution in [3.63, 3.8) is 0 Å². The van der Waals surface area contributed by atoms with E-state index in [-0.39, 0.29) is 17.1 Å². The zero-order valence-corrected chi connectivity index (χ0v) is 20.5. The van der Waals surface area contributed by atoms with Crippen molar-refractivity contribution < 1.29 is 9.21 Å². The van der Waals surface area contributed by atoms with Crippen molar-refractivity contribution in [1.29, 1.82) is 0 Å². The van der Waals surface area contributed by atoms with Gasteiger partial charge in [0.25, 0.3) is 5.91 Å². The number of rotatable bonds is 3. The molecule has 1 amide bonds. The second kappa shape index (κ2) is 7.66. The predicted molar refractivity (Wildman–Crippen MR) is 133 cm³/mol. The molecule has 1 aliphatic rings. The quantitative estimate of drug-likeness (QED) is 0.358. The fourth-order valence-electron chi connectivity index (χ4n) is 4.36. The van der Waals surface area contributed by atoms with Crippen LogP contribution in [0.3, 0.4) is 0 Å². The van der Waals surface area contributed by atoms with E-state index in [1.807, 2.05) is 52.0 Å². The number of hydrogen-bond acceptors (Lipinski definition) is 5. The van der Waals surface area contributed by atoms with Crippen LogP contribution in [0.1, 0.15) is 74.8 Å². The van der Waals surface area contributed by atoms with E-state index in [1.165, 1.54) is 16.9 Å². The smallest absolute Gasteiger partial charge is 0.297 e. The van der Waals surface area contributed by atoms with Crippen LogP contribution in [-0.4, -0.2) is 10.9 Å². The Morgan fingerprint density at radius 2 is 1.67 bits per heavy atom.